The van der Waals surface area contributed by atoms with E-state index in [4.69, 9.17) is 9.84 Å². The minimum Gasteiger partial charge on any atom is -0.487 e. The number of aromatic nitrogens is 2. The van der Waals surface area contributed by atoms with Crippen molar-refractivity contribution in [1.29, 1.82) is 0 Å². The maximum atomic E-state index is 12.7. The molecule has 10 heteroatoms. The number of hydrogen-bond donors (Lipinski definition) is 1. The molecule has 1 aromatic heterocycles. The molecule has 148 valence electrons. The molecule has 1 saturated heterocycles. The van der Waals surface area contributed by atoms with Gasteiger partial charge in [0.05, 0.1) is 29.3 Å². The number of rotatable bonds is 6. The van der Waals surface area contributed by atoms with Gasteiger partial charge in [-0.05, 0) is 31.9 Å². The van der Waals surface area contributed by atoms with Crippen LogP contribution >= 0.6 is 0 Å². The first-order valence-corrected chi connectivity index (χ1v) is 8.88. The summed E-state index contributed by atoms with van der Waals surface area (Å²) >= 11 is 0. The molecule has 1 fully saturated rings. The third-order valence-corrected chi connectivity index (χ3v) is 4.68. The topological polar surface area (TPSA) is 128 Å². The number of nitro benzene ring substituents is 1. The molecule has 0 aliphatic carbocycles. The van der Waals surface area contributed by atoms with Gasteiger partial charge in [-0.2, -0.15) is 5.10 Å². The lowest BCUT2D eigenvalue weighted by Gasteiger charge is -2.32. The number of carbonyl (C=O) groups is 2. The molecule has 2 heterocycles. The van der Waals surface area contributed by atoms with E-state index < -0.39 is 10.9 Å². The van der Waals surface area contributed by atoms with Gasteiger partial charge in [0.15, 0.2) is 5.75 Å². The van der Waals surface area contributed by atoms with Gasteiger partial charge in [-0.15, -0.1) is 0 Å². The molecule has 1 N–H and O–H groups in total. The van der Waals surface area contributed by atoms with Crippen LogP contribution < -0.4 is 4.74 Å². The Hall–Kier alpha value is -3.43. The fraction of sp³-hybridized carbons (Fsp3) is 0.389. The number of carbonyl (C=O) groups excluding carboxylic acids is 1. The van der Waals surface area contributed by atoms with Crippen LogP contribution in [0.15, 0.2) is 30.6 Å². The number of carboxylic acid groups (broad SMARTS) is 1. The number of hydrogen-bond acceptors (Lipinski definition) is 6. The summed E-state index contributed by atoms with van der Waals surface area (Å²) in [5.74, 6) is -1.18. The van der Waals surface area contributed by atoms with E-state index in [0.717, 1.165) is 0 Å². The smallest absolute Gasteiger partial charge is 0.338 e. The molecular weight excluding hydrogens is 368 g/mol. The maximum absolute atomic E-state index is 12.7. The standard InChI is InChI=1S/C18H20N4O6/c1-2-28-16-4-3-12(9-15(16)22(26)27)17(23)20-7-5-14(6-8-20)21-11-13(10-19-21)18(24)25/h3-4,9-11,14H,2,5-8H2,1H3,(H,24,25). The highest BCUT2D eigenvalue weighted by atomic mass is 16.6. The second-order valence-electron chi connectivity index (χ2n) is 6.41. The highest BCUT2D eigenvalue weighted by Gasteiger charge is 2.27. The summed E-state index contributed by atoms with van der Waals surface area (Å²) in [4.78, 5) is 36.0. The van der Waals surface area contributed by atoms with Crippen LogP contribution in [0.25, 0.3) is 0 Å². The number of aromatic carboxylic acids is 1. The first kappa shape index (κ1) is 19.3. The van der Waals surface area contributed by atoms with Gasteiger partial charge in [-0.3, -0.25) is 19.6 Å². The van der Waals surface area contributed by atoms with Crippen LogP contribution in [0.1, 0.15) is 46.5 Å². The fourth-order valence-corrected chi connectivity index (χ4v) is 3.23. The first-order chi connectivity index (χ1) is 13.4. The molecule has 1 amide bonds. The maximum Gasteiger partial charge on any atom is 0.338 e. The quantitative estimate of drug-likeness (QED) is 0.594. The Bertz CT molecular complexity index is 901. The predicted molar refractivity (Wildman–Crippen MR) is 97.6 cm³/mol. The molecule has 0 radical (unpaired) electrons. The number of likely N-dealkylation sites (tertiary alicyclic amines) is 1. The Balaban J connectivity index is 1.68. The lowest BCUT2D eigenvalue weighted by molar-refractivity contribution is -0.385. The van der Waals surface area contributed by atoms with Gasteiger partial charge in [0.1, 0.15) is 0 Å². The van der Waals surface area contributed by atoms with Crippen LogP contribution in [0.5, 0.6) is 5.75 Å². The zero-order valence-corrected chi connectivity index (χ0v) is 15.3. The van der Waals surface area contributed by atoms with Crippen molar-refractivity contribution in [3.05, 3.63) is 51.8 Å². The van der Waals surface area contributed by atoms with E-state index in [-0.39, 0.29) is 34.5 Å². The number of benzene rings is 1. The molecule has 1 aliphatic rings. The van der Waals surface area contributed by atoms with Crippen LogP contribution in [-0.2, 0) is 0 Å². The summed E-state index contributed by atoms with van der Waals surface area (Å²) in [5.41, 5.74) is 0.126. The fourth-order valence-electron chi connectivity index (χ4n) is 3.23. The van der Waals surface area contributed by atoms with Crippen LogP contribution in [-0.4, -0.2) is 56.3 Å². The molecule has 3 rings (SSSR count). The van der Waals surface area contributed by atoms with Crippen LogP contribution in [0.4, 0.5) is 5.69 Å². The largest absolute Gasteiger partial charge is 0.487 e. The summed E-state index contributed by atoms with van der Waals surface area (Å²) in [6.45, 7) is 2.92. The van der Waals surface area contributed by atoms with Gasteiger partial charge >= 0.3 is 11.7 Å². The Morgan fingerprint density at radius 3 is 2.61 bits per heavy atom. The van der Waals surface area contributed by atoms with E-state index in [1.165, 1.54) is 30.6 Å². The van der Waals surface area contributed by atoms with E-state index in [9.17, 15) is 19.7 Å². The molecule has 1 aromatic carbocycles. The third kappa shape index (κ3) is 3.95. The van der Waals surface area contributed by atoms with Crippen molar-refractivity contribution in [2.45, 2.75) is 25.8 Å². The summed E-state index contributed by atoms with van der Waals surface area (Å²) in [6.07, 6.45) is 4.02. The molecule has 28 heavy (non-hydrogen) atoms. The highest BCUT2D eigenvalue weighted by Crippen LogP contribution is 2.29. The average Bonchev–Trinajstić information content (AvgIpc) is 3.18. The van der Waals surface area contributed by atoms with Gasteiger partial charge in [0, 0.05) is 30.9 Å². The third-order valence-electron chi connectivity index (χ3n) is 4.68. The first-order valence-electron chi connectivity index (χ1n) is 8.88. The van der Waals surface area contributed by atoms with Gasteiger partial charge in [0.25, 0.3) is 5.91 Å². The van der Waals surface area contributed by atoms with E-state index in [1.54, 1.807) is 16.5 Å². The summed E-state index contributed by atoms with van der Waals surface area (Å²) in [5, 5.41) is 24.3. The number of nitro groups is 1. The minimum absolute atomic E-state index is 0.00631. The number of ether oxygens (including phenoxy) is 1. The lowest BCUT2D eigenvalue weighted by atomic mass is 10.0. The van der Waals surface area contributed by atoms with Gasteiger partial charge in [-0.1, -0.05) is 0 Å². The van der Waals surface area contributed by atoms with E-state index in [1.807, 2.05) is 0 Å². The van der Waals surface area contributed by atoms with Crippen molar-refractivity contribution in [1.82, 2.24) is 14.7 Å². The molecule has 0 atom stereocenters. The predicted octanol–water partition coefficient (Wildman–Crippen LogP) is 2.37. The van der Waals surface area contributed by atoms with Crippen molar-refractivity contribution >= 4 is 17.6 Å². The van der Waals surface area contributed by atoms with Gasteiger partial charge < -0.3 is 14.7 Å². The van der Waals surface area contributed by atoms with Crippen molar-refractivity contribution in [3.8, 4) is 5.75 Å². The molecule has 0 unspecified atom stereocenters. The second-order valence-corrected chi connectivity index (χ2v) is 6.41. The van der Waals surface area contributed by atoms with Crippen LogP contribution in [0, 0.1) is 10.1 Å². The zero-order valence-electron chi connectivity index (χ0n) is 15.3. The SMILES string of the molecule is CCOc1ccc(C(=O)N2CCC(n3cc(C(=O)O)cn3)CC2)cc1[N+](=O)[O-]. The summed E-state index contributed by atoms with van der Waals surface area (Å²) in [7, 11) is 0. The average molecular weight is 388 g/mol. The second kappa shape index (κ2) is 8.07. The molecular formula is C18H20N4O6. The summed E-state index contributed by atoms with van der Waals surface area (Å²) in [6, 6.07) is 4.22. The Kier molecular flexibility index (Phi) is 5.57. The van der Waals surface area contributed by atoms with Crippen molar-refractivity contribution in [3.63, 3.8) is 0 Å². The Labute approximate surface area is 160 Å². The lowest BCUT2D eigenvalue weighted by Crippen LogP contribution is -2.39. The van der Waals surface area contributed by atoms with E-state index in [2.05, 4.69) is 5.10 Å². The van der Waals surface area contributed by atoms with E-state index in [0.29, 0.717) is 32.5 Å². The number of amides is 1. The highest BCUT2D eigenvalue weighted by molar-refractivity contribution is 5.95. The van der Waals surface area contributed by atoms with Gasteiger partial charge in [0.2, 0.25) is 0 Å². The molecule has 2 aromatic rings. The number of carboxylic acids is 1. The van der Waals surface area contributed by atoms with Crippen LogP contribution in [0.3, 0.4) is 0 Å². The Morgan fingerprint density at radius 2 is 2.04 bits per heavy atom. The molecule has 0 saturated carbocycles. The van der Waals surface area contributed by atoms with Crippen molar-refractivity contribution in [2.24, 2.45) is 0 Å². The molecule has 0 spiro atoms. The van der Waals surface area contributed by atoms with E-state index >= 15 is 0 Å². The molecule has 10 nitrogen and oxygen atoms in total. The zero-order chi connectivity index (χ0) is 20.3. The van der Waals surface area contributed by atoms with Crippen molar-refractivity contribution in [2.75, 3.05) is 19.7 Å². The number of nitrogens with zero attached hydrogens (tertiary/aromatic N) is 4. The minimum atomic E-state index is -1.03. The monoisotopic (exact) mass is 388 g/mol. The Morgan fingerprint density at radius 1 is 1.32 bits per heavy atom. The normalized spacial score (nSPS) is 14.7. The molecule has 1 aliphatic heterocycles. The molecule has 0 bridgehead atoms. The van der Waals surface area contributed by atoms with Crippen LogP contribution in [0.2, 0.25) is 0 Å². The number of piperidine rings is 1. The van der Waals surface area contributed by atoms with Crippen molar-refractivity contribution < 1.29 is 24.4 Å². The summed E-state index contributed by atoms with van der Waals surface area (Å²) < 4.78 is 6.86. The van der Waals surface area contributed by atoms with Gasteiger partial charge in [-0.25, -0.2) is 4.79 Å².